The minimum Gasteiger partial charge on any atom is -0.341 e. The number of carbonyl (C=O) groups excluding carboxylic acids is 1. The van der Waals surface area contributed by atoms with Gasteiger partial charge in [0.25, 0.3) is 5.91 Å². The first kappa shape index (κ1) is 14.5. The Hall–Kier alpha value is -0.610. The largest absolute Gasteiger partial charge is 0.341 e. The Morgan fingerprint density at radius 3 is 2.88 bits per heavy atom. The molecule has 1 unspecified atom stereocenters. The predicted octanol–water partition coefficient (Wildman–Crippen LogP) is 3.62. The first-order valence-electron chi connectivity index (χ1n) is 5.52. The van der Waals surface area contributed by atoms with Crippen LogP contribution in [0.1, 0.15) is 30.6 Å². The van der Waals surface area contributed by atoms with Gasteiger partial charge >= 0.3 is 0 Å². The van der Waals surface area contributed by atoms with Gasteiger partial charge in [0.05, 0.1) is 5.56 Å². The zero-order valence-corrected chi connectivity index (χ0v) is 12.5. The second-order valence-electron chi connectivity index (χ2n) is 4.19. The SMILES string of the molecule is CCC(C)CN(C)C(=O)c1cc(Br)cnc1Cl. The fourth-order valence-corrected chi connectivity index (χ4v) is 1.97. The van der Waals surface area contributed by atoms with Crippen molar-refractivity contribution in [3.05, 3.63) is 27.5 Å². The zero-order valence-electron chi connectivity index (χ0n) is 10.2. The Labute approximate surface area is 115 Å². The van der Waals surface area contributed by atoms with Crippen LogP contribution in [0.4, 0.5) is 0 Å². The van der Waals surface area contributed by atoms with Gasteiger partial charge in [0.15, 0.2) is 0 Å². The number of rotatable bonds is 4. The van der Waals surface area contributed by atoms with Crippen LogP contribution in [-0.4, -0.2) is 29.4 Å². The summed E-state index contributed by atoms with van der Waals surface area (Å²) in [5.74, 6) is 0.381. The van der Waals surface area contributed by atoms with Crippen LogP contribution in [0.3, 0.4) is 0 Å². The Bertz CT molecular complexity index is 411. The minimum atomic E-state index is -0.0934. The third-order valence-corrected chi connectivity index (χ3v) is 3.40. The third kappa shape index (κ3) is 3.96. The van der Waals surface area contributed by atoms with Crippen LogP contribution in [0, 0.1) is 5.92 Å². The maximum Gasteiger partial charge on any atom is 0.256 e. The number of carbonyl (C=O) groups is 1. The lowest BCUT2D eigenvalue weighted by Gasteiger charge is -2.21. The number of hydrogen-bond donors (Lipinski definition) is 0. The second kappa shape index (κ2) is 6.36. The van der Waals surface area contributed by atoms with Crippen molar-refractivity contribution >= 4 is 33.4 Å². The third-order valence-electron chi connectivity index (χ3n) is 2.67. The molecule has 1 heterocycles. The smallest absolute Gasteiger partial charge is 0.256 e. The summed E-state index contributed by atoms with van der Waals surface area (Å²) in [6.07, 6.45) is 2.62. The summed E-state index contributed by atoms with van der Waals surface area (Å²) in [7, 11) is 1.78. The van der Waals surface area contributed by atoms with Gasteiger partial charge in [0.2, 0.25) is 0 Å². The summed E-state index contributed by atoms with van der Waals surface area (Å²) >= 11 is 9.21. The van der Waals surface area contributed by atoms with Gasteiger partial charge in [-0.1, -0.05) is 31.9 Å². The van der Waals surface area contributed by atoms with E-state index < -0.39 is 0 Å². The lowest BCUT2D eigenvalue weighted by molar-refractivity contribution is 0.0774. The van der Waals surface area contributed by atoms with Gasteiger partial charge in [0.1, 0.15) is 5.15 Å². The van der Waals surface area contributed by atoms with Crippen molar-refractivity contribution in [3.63, 3.8) is 0 Å². The van der Waals surface area contributed by atoms with E-state index >= 15 is 0 Å². The summed E-state index contributed by atoms with van der Waals surface area (Å²) in [5.41, 5.74) is 0.437. The molecule has 0 aliphatic rings. The Morgan fingerprint density at radius 1 is 1.65 bits per heavy atom. The molecule has 5 heteroatoms. The van der Waals surface area contributed by atoms with E-state index in [1.807, 2.05) is 0 Å². The summed E-state index contributed by atoms with van der Waals surface area (Å²) in [4.78, 5) is 17.8. The van der Waals surface area contributed by atoms with Gasteiger partial charge in [-0.2, -0.15) is 0 Å². The molecule has 1 amide bonds. The molecule has 17 heavy (non-hydrogen) atoms. The van der Waals surface area contributed by atoms with Crippen LogP contribution in [-0.2, 0) is 0 Å². The van der Waals surface area contributed by atoms with E-state index in [0.29, 0.717) is 11.5 Å². The number of hydrogen-bond acceptors (Lipinski definition) is 2. The molecule has 1 atom stereocenters. The van der Waals surface area contributed by atoms with Crippen molar-refractivity contribution < 1.29 is 4.79 Å². The van der Waals surface area contributed by atoms with Crippen molar-refractivity contribution in [1.82, 2.24) is 9.88 Å². The molecule has 0 radical (unpaired) electrons. The van der Waals surface area contributed by atoms with Gasteiger partial charge in [-0.25, -0.2) is 4.98 Å². The van der Waals surface area contributed by atoms with Crippen molar-refractivity contribution in [2.75, 3.05) is 13.6 Å². The molecule has 0 N–H and O–H groups in total. The summed E-state index contributed by atoms with van der Waals surface area (Å²) < 4.78 is 0.752. The van der Waals surface area contributed by atoms with Crippen LogP contribution in [0.2, 0.25) is 5.15 Å². The summed E-state index contributed by atoms with van der Waals surface area (Å²) in [6, 6.07) is 1.70. The van der Waals surface area contributed by atoms with Gasteiger partial charge in [-0.05, 0) is 27.9 Å². The van der Waals surface area contributed by atoms with E-state index in [1.54, 1.807) is 24.2 Å². The highest BCUT2D eigenvalue weighted by molar-refractivity contribution is 9.10. The van der Waals surface area contributed by atoms with Gasteiger partial charge in [-0.3, -0.25) is 4.79 Å². The highest BCUT2D eigenvalue weighted by atomic mass is 79.9. The minimum absolute atomic E-state index is 0.0934. The Balaban J connectivity index is 2.85. The predicted molar refractivity (Wildman–Crippen MR) is 73.4 cm³/mol. The normalized spacial score (nSPS) is 12.3. The second-order valence-corrected chi connectivity index (χ2v) is 5.46. The molecule has 0 aliphatic heterocycles. The van der Waals surface area contributed by atoms with E-state index in [2.05, 4.69) is 34.8 Å². The number of nitrogens with zero attached hydrogens (tertiary/aromatic N) is 2. The average Bonchev–Trinajstić information content (AvgIpc) is 2.31. The summed E-state index contributed by atoms with van der Waals surface area (Å²) in [6.45, 7) is 4.94. The Kier molecular flexibility index (Phi) is 5.40. The number of aromatic nitrogens is 1. The molecule has 0 spiro atoms. The van der Waals surface area contributed by atoms with E-state index in [0.717, 1.165) is 17.4 Å². The lowest BCUT2D eigenvalue weighted by atomic mass is 10.1. The first-order valence-corrected chi connectivity index (χ1v) is 6.69. The Morgan fingerprint density at radius 2 is 2.29 bits per heavy atom. The first-order chi connectivity index (χ1) is 7.95. The fourth-order valence-electron chi connectivity index (χ4n) is 1.46. The van der Waals surface area contributed by atoms with Gasteiger partial charge < -0.3 is 4.90 Å². The molecule has 1 aromatic heterocycles. The van der Waals surface area contributed by atoms with Gasteiger partial charge in [0, 0.05) is 24.3 Å². The molecule has 1 aromatic rings. The maximum atomic E-state index is 12.1. The highest BCUT2D eigenvalue weighted by Crippen LogP contribution is 2.19. The van der Waals surface area contributed by atoms with E-state index in [1.165, 1.54) is 0 Å². The van der Waals surface area contributed by atoms with Crippen molar-refractivity contribution in [1.29, 1.82) is 0 Å². The highest BCUT2D eigenvalue weighted by Gasteiger charge is 2.17. The molecule has 0 saturated carbocycles. The van der Waals surface area contributed by atoms with E-state index in [-0.39, 0.29) is 11.1 Å². The van der Waals surface area contributed by atoms with Crippen LogP contribution in [0.15, 0.2) is 16.7 Å². The molecule has 94 valence electrons. The molecular formula is C12H16BrClN2O. The number of amides is 1. The molecule has 0 fully saturated rings. The summed E-state index contributed by atoms with van der Waals surface area (Å²) in [5, 5.41) is 0.245. The maximum absolute atomic E-state index is 12.1. The molecule has 1 rings (SSSR count). The molecule has 0 aliphatic carbocycles. The van der Waals surface area contributed by atoms with E-state index in [9.17, 15) is 4.79 Å². The fraction of sp³-hybridized carbons (Fsp3) is 0.500. The van der Waals surface area contributed by atoms with Crippen LogP contribution in [0.25, 0.3) is 0 Å². The monoisotopic (exact) mass is 318 g/mol. The van der Waals surface area contributed by atoms with Crippen LogP contribution < -0.4 is 0 Å². The molecule has 0 bridgehead atoms. The standard InChI is InChI=1S/C12H16BrClN2O/c1-4-8(2)7-16(3)12(17)10-5-9(13)6-15-11(10)14/h5-6,8H,4,7H2,1-3H3. The van der Waals surface area contributed by atoms with Crippen LogP contribution in [0.5, 0.6) is 0 Å². The molecule has 0 saturated heterocycles. The lowest BCUT2D eigenvalue weighted by Crippen LogP contribution is -2.31. The average molecular weight is 320 g/mol. The van der Waals surface area contributed by atoms with Gasteiger partial charge in [-0.15, -0.1) is 0 Å². The molecular weight excluding hydrogens is 304 g/mol. The van der Waals surface area contributed by atoms with Crippen molar-refractivity contribution in [3.8, 4) is 0 Å². The zero-order chi connectivity index (χ0) is 13.0. The number of pyridine rings is 1. The number of halogens is 2. The van der Waals surface area contributed by atoms with Crippen molar-refractivity contribution in [2.45, 2.75) is 20.3 Å². The van der Waals surface area contributed by atoms with E-state index in [4.69, 9.17) is 11.6 Å². The quantitative estimate of drug-likeness (QED) is 0.794. The topological polar surface area (TPSA) is 33.2 Å². The van der Waals surface area contributed by atoms with Crippen molar-refractivity contribution in [2.24, 2.45) is 5.92 Å². The van der Waals surface area contributed by atoms with Crippen LogP contribution >= 0.6 is 27.5 Å². The molecule has 3 nitrogen and oxygen atoms in total. The molecule has 0 aromatic carbocycles.